The molecular formula is C21H19N7O3. The minimum Gasteiger partial charge on any atom is -0.404 e. The van der Waals surface area contributed by atoms with E-state index in [1.54, 1.807) is 26.2 Å². The minimum atomic E-state index is -1.11. The molecule has 0 atom stereocenters. The van der Waals surface area contributed by atoms with E-state index in [-0.39, 0.29) is 6.54 Å². The molecule has 0 spiro atoms. The summed E-state index contributed by atoms with van der Waals surface area (Å²) in [6, 6.07) is 3.83. The van der Waals surface area contributed by atoms with Crippen LogP contribution in [0, 0.1) is 6.92 Å². The Labute approximate surface area is 175 Å². The number of nitrogens with zero attached hydrogens (tertiary/aromatic N) is 7. The molecule has 0 aromatic carbocycles. The lowest BCUT2D eigenvalue weighted by Crippen LogP contribution is -2.19. The van der Waals surface area contributed by atoms with Crippen molar-refractivity contribution >= 4 is 16.9 Å². The Balaban J connectivity index is 1.59. The van der Waals surface area contributed by atoms with Crippen molar-refractivity contribution < 1.29 is 9.52 Å². The fraction of sp³-hybridized carbons (Fsp3) is 0.238. The minimum absolute atomic E-state index is 0.243. The molecular weight excluding hydrogens is 398 g/mol. The normalized spacial score (nSPS) is 12.1. The van der Waals surface area contributed by atoms with Crippen molar-refractivity contribution in [2.24, 2.45) is 0 Å². The maximum absolute atomic E-state index is 12.4. The first-order chi connectivity index (χ1) is 14.8. The highest BCUT2D eigenvalue weighted by atomic mass is 16.4. The third-order valence-corrected chi connectivity index (χ3v) is 5.09. The summed E-state index contributed by atoms with van der Waals surface area (Å²) in [6.45, 7) is 5.42. The predicted molar refractivity (Wildman–Crippen MR) is 111 cm³/mol. The van der Waals surface area contributed by atoms with Crippen LogP contribution in [0.1, 0.15) is 31.1 Å². The summed E-state index contributed by atoms with van der Waals surface area (Å²) in [5, 5.41) is 10.1. The molecule has 10 nitrogen and oxygen atoms in total. The van der Waals surface area contributed by atoms with Gasteiger partial charge in [0.1, 0.15) is 17.6 Å². The van der Waals surface area contributed by atoms with Crippen LogP contribution < -0.4 is 5.76 Å². The standard InChI is InChI=1S/C21H19N7O3/c1-12-15(10-28-18-16(31-20(28)29)8-22-11-25-18)27-9-13(4-5-17(27)26-12)14-6-23-19(24-7-14)21(2,3)30/h4-9,11,30H,10H2,1-3H3. The Morgan fingerprint density at radius 1 is 1.10 bits per heavy atom. The van der Waals surface area contributed by atoms with Crippen LogP contribution in [-0.2, 0) is 12.1 Å². The van der Waals surface area contributed by atoms with Crippen molar-refractivity contribution in [3.8, 4) is 11.1 Å². The number of aliphatic hydroxyl groups is 1. The number of imidazole rings is 1. The van der Waals surface area contributed by atoms with Gasteiger partial charge in [0.05, 0.1) is 24.1 Å². The number of aromatic nitrogens is 7. The lowest BCUT2D eigenvalue weighted by Gasteiger charge is -2.15. The number of rotatable bonds is 4. The lowest BCUT2D eigenvalue weighted by atomic mass is 10.1. The van der Waals surface area contributed by atoms with Crippen molar-refractivity contribution in [3.05, 3.63) is 71.0 Å². The average molecular weight is 417 g/mol. The number of hydrogen-bond donors (Lipinski definition) is 1. The number of aryl methyl sites for hydroxylation is 1. The van der Waals surface area contributed by atoms with Gasteiger partial charge in [-0.2, -0.15) is 0 Å². The Kier molecular flexibility index (Phi) is 4.19. The molecule has 5 aromatic heterocycles. The molecule has 0 aliphatic carbocycles. The molecule has 5 aromatic rings. The Morgan fingerprint density at radius 3 is 2.61 bits per heavy atom. The van der Waals surface area contributed by atoms with Gasteiger partial charge in [0.25, 0.3) is 0 Å². The van der Waals surface area contributed by atoms with Gasteiger partial charge < -0.3 is 13.9 Å². The van der Waals surface area contributed by atoms with Gasteiger partial charge in [-0.3, -0.25) is 4.57 Å². The number of pyridine rings is 1. The van der Waals surface area contributed by atoms with Crippen LogP contribution in [-0.4, -0.2) is 39.0 Å². The van der Waals surface area contributed by atoms with Crippen molar-refractivity contribution in [1.82, 2.24) is 33.9 Å². The van der Waals surface area contributed by atoms with E-state index in [0.29, 0.717) is 17.1 Å². The van der Waals surface area contributed by atoms with Crippen LogP contribution in [0.4, 0.5) is 0 Å². The number of hydrogen-bond acceptors (Lipinski definition) is 8. The zero-order valence-electron chi connectivity index (χ0n) is 17.1. The predicted octanol–water partition coefficient (Wildman–Crippen LogP) is 2.07. The van der Waals surface area contributed by atoms with Crippen molar-refractivity contribution in [3.63, 3.8) is 0 Å². The lowest BCUT2D eigenvalue weighted by molar-refractivity contribution is 0.0687. The fourth-order valence-corrected chi connectivity index (χ4v) is 3.48. The molecule has 31 heavy (non-hydrogen) atoms. The molecule has 0 amide bonds. The van der Waals surface area contributed by atoms with E-state index in [4.69, 9.17) is 4.42 Å². The van der Waals surface area contributed by atoms with Crippen LogP contribution in [0.5, 0.6) is 0 Å². The molecule has 5 rings (SSSR count). The maximum atomic E-state index is 12.4. The van der Waals surface area contributed by atoms with E-state index in [9.17, 15) is 9.90 Å². The average Bonchev–Trinajstić information content (AvgIpc) is 3.23. The number of fused-ring (bicyclic) bond motifs is 2. The summed E-state index contributed by atoms with van der Waals surface area (Å²) in [7, 11) is 0. The van der Waals surface area contributed by atoms with Crippen LogP contribution >= 0.6 is 0 Å². The van der Waals surface area contributed by atoms with Gasteiger partial charge in [-0.15, -0.1) is 0 Å². The molecule has 0 radical (unpaired) electrons. The molecule has 0 unspecified atom stereocenters. The van der Waals surface area contributed by atoms with Gasteiger partial charge in [-0.05, 0) is 32.9 Å². The van der Waals surface area contributed by atoms with E-state index >= 15 is 0 Å². The van der Waals surface area contributed by atoms with Crippen LogP contribution in [0.15, 0.2) is 52.5 Å². The van der Waals surface area contributed by atoms with Crippen LogP contribution in [0.25, 0.3) is 28.0 Å². The third-order valence-electron chi connectivity index (χ3n) is 5.09. The summed E-state index contributed by atoms with van der Waals surface area (Å²) >= 11 is 0. The highest BCUT2D eigenvalue weighted by molar-refractivity contribution is 5.66. The summed E-state index contributed by atoms with van der Waals surface area (Å²) in [5.74, 6) is -0.152. The van der Waals surface area contributed by atoms with E-state index in [0.717, 1.165) is 28.2 Å². The molecule has 0 aliphatic rings. The molecule has 1 N–H and O–H groups in total. The molecule has 10 heteroatoms. The van der Waals surface area contributed by atoms with Crippen molar-refractivity contribution in [1.29, 1.82) is 0 Å². The largest absolute Gasteiger partial charge is 0.421 e. The van der Waals surface area contributed by atoms with Gasteiger partial charge in [0.2, 0.25) is 0 Å². The molecule has 156 valence electrons. The molecule has 0 fully saturated rings. The Morgan fingerprint density at radius 2 is 1.87 bits per heavy atom. The monoisotopic (exact) mass is 417 g/mol. The Hall–Kier alpha value is -3.92. The van der Waals surface area contributed by atoms with Crippen molar-refractivity contribution in [2.45, 2.75) is 32.9 Å². The van der Waals surface area contributed by atoms with E-state index in [1.165, 1.54) is 17.1 Å². The van der Waals surface area contributed by atoms with Gasteiger partial charge >= 0.3 is 5.76 Å². The highest BCUT2D eigenvalue weighted by Crippen LogP contribution is 2.23. The van der Waals surface area contributed by atoms with Gasteiger partial charge in [0, 0.05) is 29.7 Å². The summed E-state index contributed by atoms with van der Waals surface area (Å²) in [6.07, 6.45) is 8.13. The SMILES string of the molecule is Cc1nc2ccc(-c3cnc(C(C)(C)O)nc3)cn2c1Cn1c(=O)oc2cncnc21. The second-order valence-corrected chi connectivity index (χ2v) is 7.81. The second kappa shape index (κ2) is 6.81. The highest BCUT2D eigenvalue weighted by Gasteiger charge is 2.20. The maximum Gasteiger partial charge on any atom is 0.421 e. The summed E-state index contributed by atoms with van der Waals surface area (Å²) < 4.78 is 8.64. The van der Waals surface area contributed by atoms with E-state index in [1.807, 2.05) is 29.7 Å². The smallest absolute Gasteiger partial charge is 0.404 e. The van der Waals surface area contributed by atoms with Gasteiger partial charge in [-0.1, -0.05) is 0 Å². The third kappa shape index (κ3) is 3.26. The van der Waals surface area contributed by atoms with E-state index < -0.39 is 11.4 Å². The molecule has 0 saturated heterocycles. The quantitative estimate of drug-likeness (QED) is 0.471. The first-order valence-electron chi connectivity index (χ1n) is 9.63. The molecule has 5 heterocycles. The fourth-order valence-electron chi connectivity index (χ4n) is 3.48. The first kappa shape index (κ1) is 19.1. The van der Waals surface area contributed by atoms with Gasteiger partial charge in [-0.25, -0.2) is 29.7 Å². The van der Waals surface area contributed by atoms with Crippen molar-refractivity contribution in [2.75, 3.05) is 0 Å². The molecule has 0 saturated carbocycles. The second-order valence-electron chi connectivity index (χ2n) is 7.81. The summed E-state index contributed by atoms with van der Waals surface area (Å²) in [5.41, 5.74) is 3.70. The van der Waals surface area contributed by atoms with Crippen LogP contribution in [0.3, 0.4) is 0 Å². The topological polar surface area (TPSA) is 124 Å². The molecule has 0 aliphatic heterocycles. The number of oxazole rings is 1. The zero-order valence-corrected chi connectivity index (χ0v) is 17.1. The first-order valence-corrected chi connectivity index (χ1v) is 9.63. The van der Waals surface area contributed by atoms with Gasteiger partial charge in [0.15, 0.2) is 17.1 Å². The van der Waals surface area contributed by atoms with Crippen LogP contribution in [0.2, 0.25) is 0 Å². The molecule has 0 bridgehead atoms. The Bertz CT molecular complexity index is 1470. The summed E-state index contributed by atoms with van der Waals surface area (Å²) in [4.78, 5) is 33.6. The zero-order chi connectivity index (χ0) is 21.8. The van der Waals surface area contributed by atoms with E-state index in [2.05, 4.69) is 24.9 Å².